The van der Waals surface area contributed by atoms with Gasteiger partial charge in [0, 0.05) is 13.5 Å². The van der Waals surface area contributed by atoms with Crippen LogP contribution in [0.2, 0.25) is 5.15 Å². The van der Waals surface area contributed by atoms with Gasteiger partial charge in [-0.15, -0.1) is 6.58 Å². The SMILES string of the molecule is C=CCc1nc(Cl)ccc1NC. The summed E-state index contributed by atoms with van der Waals surface area (Å²) in [6, 6.07) is 3.67. The zero-order chi connectivity index (χ0) is 8.97. The van der Waals surface area contributed by atoms with Gasteiger partial charge in [0.05, 0.1) is 11.4 Å². The molecule has 1 aromatic heterocycles. The van der Waals surface area contributed by atoms with Gasteiger partial charge in [-0.1, -0.05) is 17.7 Å². The molecule has 0 amide bonds. The van der Waals surface area contributed by atoms with Crippen LogP contribution in [-0.2, 0) is 6.42 Å². The lowest BCUT2D eigenvalue weighted by Crippen LogP contribution is -1.97. The molecule has 0 unspecified atom stereocenters. The Balaban J connectivity index is 3.03. The highest BCUT2D eigenvalue weighted by molar-refractivity contribution is 6.29. The third kappa shape index (κ3) is 1.98. The number of aromatic nitrogens is 1. The fraction of sp³-hybridized carbons (Fsp3) is 0.222. The minimum atomic E-state index is 0.519. The van der Waals surface area contributed by atoms with Gasteiger partial charge in [0.15, 0.2) is 0 Å². The van der Waals surface area contributed by atoms with Crippen molar-refractivity contribution in [2.24, 2.45) is 0 Å². The number of hydrogen-bond acceptors (Lipinski definition) is 2. The van der Waals surface area contributed by atoms with Crippen molar-refractivity contribution in [1.29, 1.82) is 0 Å². The van der Waals surface area contributed by atoms with Crippen molar-refractivity contribution < 1.29 is 0 Å². The maximum absolute atomic E-state index is 5.74. The standard InChI is InChI=1S/C9H11ClN2/c1-3-4-8-7(11-2)5-6-9(10)12-8/h3,5-6,11H,1,4H2,2H3. The molecule has 1 aromatic rings. The van der Waals surface area contributed by atoms with Gasteiger partial charge in [-0.3, -0.25) is 0 Å². The summed E-state index contributed by atoms with van der Waals surface area (Å²) in [6.07, 6.45) is 2.54. The highest BCUT2D eigenvalue weighted by Gasteiger charge is 2.00. The normalized spacial score (nSPS) is 9.50. The van der Waals surface area contributed by atoms with Crippen molar-refractivity contribution in [3.63, 3.8) is 0 Å². The molecule has 12 heavy (non-hydrogen) atoms. The van der Waals surface area contributed by atoms with E-state index in [1.165, 1.54) is 0 Å². The Morgan fingerprint density at radius 2 is 2.42 bits per heavy atom. The minimum absolute atomic E-state index is 0.519. The molecular weight excluding hydrogens is 172 g/mol. The number of pyridine rings is 1. The molecule has 0 aromatic carbocycles. The van der Waals surface area contributed by atoms with E-state index in [2.05, 4.69) is 16.9 Å². The maximum Gasteiger partial charge on any atom is 0.129 e. The zero-order valence-electron chi connectivity index (χ0n) is 6.97. The molecule has 64 valence electrons. The lowest BCUT2D eigenvalue weighted by Gasteiger charge is -2.05. The van der Waals surface area contributed by atoms with Gasteiger partial charge in [-0.2, -0.15) is 0 Å². The van der Waals surface area contributed by atoms with E-state index >= 15 is 0 Å². The summed E-state index contributed by atoms with van der Waals surface area (Å²) in [5.74, 6) is 0. The van der Waals surface area contributed by atoms with E-state index in [0.717, 1.165) is 17.8 Å². The van der Waals surface area contributed by atoms with Crippen LogP contribution in [0.1, 0.15) is 5.69 Å². The van der Waals surface area contributed by atoms with Crippen molar-refractivity contribution in [3.05, 3.63) is 35.6 Å². The van der Waals surface area contributed by atoms with E-state index < -0.39 is 0 Å². The topological polar surface area (TPSA) is 24.9 Å². The van der Waals surface area contributed by atoms with Crippen molar-refractivity contribution in [2.75, 3.05) is 12.4 Å². The Morgan fingerprint density at radius 1 is 1.67 bits per heavy atom. The second kappa shape index (κ2) is 4.12. The molecule has 3 heteroatoms. The van der Waals surface area contributed by atoms with Crippen LogP contribution < -0.4 is 5.32 Å². The number of allylic oxidation sites excluding steroid dienone is 1. The number of anilines is 1. The molecule has 0 saturated heterocycles. The van der Waals surface area contributed by atoms with Crippen molar-refractivity contribution in [2.45, 2.75) is 6.42 Å². The second-order valence-electron chi connectivity index (χ2n) is 2.37. The first-order chi connectivity index (χ1) is 5.77. The van der Waals surface area contributed by atoms with Gasteiger partial charge >= 0.3 is 0 Å². The van der Waals surface area contributed by atoms with Gasteiger partial charge in [-0.25, -0.2) is 4.98 Å². The largest absolute Gasteiger partial charge is 0.387 e. The monoisotopic (exact) mass is 182 g/mol. The van der Waals surface area contributed by atoms with Crippen LogP contribution in [0, 0.1) is 0 Å². The van der Waals surface area contributed by atoms with E-state index in [1.807, 2.05) is 13.1 Å². The number of rotatable bonds is 3. The summed E-state index contributed by atoms with van der Waals surface area (Å²) in [7, 11) is 1.86. The highest BCUT2D eigenvalue weighted by atomic mass is 35.5. The average molecular weight is 183 g/mol. The van der Waals surface area contributed by atoms with Crippen LogP contribution in [0.25, 0.3) is 0 Å². The summed E-state index contributed by atoms with van der Waals surface area (Å²) < 4.78 is 0. The molecule has 0 bridgehead atoms. The van der Waals surface area contributed by atoms with Gasteiger partial charge in [0.1, 0.15) is 5.15 Å². The summed E-state index contributed by atoms with van der Waals surface area (Å²) in [5, 5.41) is 3.56. The Hall–Kier alpha value is -1.02. The molecule has 0 aliphatic heterocycles. The van der Waals surface area contributed by atoms with Crippen LogP contribution >= 0.6 is 11.6 Å². The Labute approximate surface area is 77.3 Å². The number of nitrogens with zero attached hydrogens (tertiary/aromatic N) is 1. The van der Waals surface area contributed by atoms with Crippen LogP contribution in [-0.4, -0.2) is 12.0 Å². The number of nitrogens with one attached hydrogen (secondary N) is 1. The summed E-state index contributed by atoms with van der Waals surface area (Å²) in [4.78, 5) is 4.17. The predicted molar refractivity (Wildman–Crippen MR) is 52.7 cm³/mol. The summed E-state index contributed by atoms with van der Waals surface area (Å²) in [5.41, 5.74) is 1.93. The van der Waals surface area contributed by atoms with Gasteiger partial charge in [0.2, 0.25) is 0 Å². The molecular formula is C9H11ClN2. The molecule has 1 rings (SSSR count). The van der Waals surface area contributed by atoms with Crippen LogP contribution in [0.3, 0.4) is 0 Å². The Morgan fingerprint density at radius 3 is 3.00 bits per heavy atom. The van der Waals surface area contributed by atoms with Gasteiger partial charge in [0.25, 0.3) is 0 Å². The molecule has 0 aliphatic rings. The lowest BCUT2D eigenvalue weighted by molar-refractivity contribution is 1.11. The third-order valence-corrected chi connectivity index (χ3v) is 1.76. The molecule has 0 aliphatic carbocycles. The first-order valence-electron chi connectivity index (χ1n) is 3.72. The van der Waals surface area contributed by atoms with Crippen molar-refractivity contribution in [1.82, 2.24) is 4.98 Å². The number of halogens is 1. The van der Waals surface area contributed by atoms with E-state index in [1.54, 1.807) is 12.1 Å². The lowest BCUT2D eigenvalue weighted by atomic mass is 10.2. The molecule has 0 radical (unpaired) electrons. The minimum Gasteiger partial charge on any atom is -0.387 e. The van der Waals surface area contributed by atoms with Gasteiger partial charge in [-0.05, 0) is 12.1 Å². The molecule has 2 nitrogen and oxygen atoms in total. The van der Waals surface area contributed by atoms with E-state index in [4.69, 9.17) is 11.6 Å². The average Bonchev–Trinajstić information content (AvgIpc) is 2.05. The molecule has 0 fully saturated rings. The summed E-state index contributed by atoms with van der Waals surface area (Å²) >= 11 is 5.74. The maximum atomic E-state index is 5.74. The molecule has 0 spiro atoms. The quantitative estimate of drug-likeness (QED) is 0.574. The molecule has 1 N–H and O–H groups in total. The number of hydrogen-bond donors (Lipinski definition) is 1. The first-order valence-corrected chi connectivity index (χ1v) is 4.09. The Kier molecular flexibility index (Phi) is 3.11. The smallest absolute Gasteiger partial charge is 0.129 e. The fourth-order valence-corrected chi connectivity index (χ4v) is 1.16. The van der Waals surface area contributed by atoms with E-state index in [0.29, 0.717) is 5.15 Å². The molecule has 1 heterocycles. The van der Waals surface area contributed by atoms with Crippen LogP contribution in [0.15, 0.2) is 24.8 Å². The Bertz CT molecular complexity index is 284. The van der Waals surface area contributed by atoms with Gasteiger partial charge < -0.3 is 5.32 Å². The van der Waals surface area contributed by atoms with Crippen LogP contribution in [0.4, 0.5) is 5.69 Å². The predicted octanol–water partition coefficient (Wildman–Crippen LogP) is 2.51. The van der Waals surface area contributed by atoms with Crippen LogP contribution in [0.5, 0.6) is 0 Å². The van der Waals surface area contributed by atoms with Crippen molar-refractivity contribution >= 4 is 17.3 Å². The second-order valence-corrected chi connectivity index (χ2v) is 2.76. The van der Waals surface area contributed by atoms with E-state index in [9.17, 15) is 0 Å². The summed E-state index contributed by atoms with van der Waals surface area (Å²) in [6.45, 7) is 3.65. The highest BCUT2D eigenvalue weighted by Crippen LogP contribution is 2.16. The fourth-order valence-electron chi connectivity index (χ4n) is 0.995. The van der Waals surface area contributed by atoms with E-state index in [-0.39, 0.29) is 0 Å². The first kappa shape index (κ1) is 9.07. The third-order valence-electron chi connectivity index (χ3n) is 1.55. The zero-order valence-corrected chi connectivity index (χ0v) is 7.73. The molecule has 0 atom stereocenters. The van der Waals surface area contributed by atoms with Crippen molar-refractivity contribution in [3.8, 4) is 0 Å². The molecule has 0 saturated carbocycles.